The maximum Gasteiger partial charge on any atom is 0.327 e. The number of hydrogen-bond acceptors (Lipinski definition) is 2. The number of urea groups is 1. The lowest BCUT2D eigenvalue weighted by Crippen LogP contribution is -2.30. The summed E-state index contributed by atoms with van der Waals surface area (Å²) in [6.45, 7) is 0.426. The molecule has 0 aliphatic carbocycles. The standard InChI is InChI=1S/C17H16N2O2/c1-18-16(20)15(14-10-6-3-7-11-14)19(17(18)21)12-13-8-4-2-5-9-13/h2-11,15H,12H2,1H3. The van der Waals surface area contributed by atoms with Crippen molar-refractivity contribution >= 4 is 11.9 Å². The number of nitrogens with zero attached hydrogens (tertiary/aromatic N) is 2. The maximum atomic E-state index is 12.4. The molecule has 1 saturated heterocycles. The minimum atomic E-state index is -0.538. The Labute approximate surface area is 123 Å². The molecule has 4 heteroatoms. The van der Waals surface area contributed by atoms with Gasteiger partial charge in [-0.3, -0.25) is 9.69 Å². The van der Waals surface area contributed by atoms with E-state index >= 15 is 0 Å². The van der Waals surface area contributed by atoms with Crippen LogP contribution in [-0.4, -0.2) is 28.8 Å². The van der Waals surface area contributed by atoms with Crippen LogP contribution in [0.5, 0.6) is 0 Å². The number of imide groups is 1. The molecule has 0 aromatic heterocycles. The van der Waals surface area contributed by atoms with Crippen molar-refractivity contribution in [2.45, 2.75) is 12.6 Å². The third-order valence-corrected chi connectivity index (χ3v) is 3.72. The molecule has 1 unspecified atom stereocenters. The van der Waals surface area contributed by atoms with Crippen LogP contribution in [0.2, 0.25) is 0 Å². The molecular weight excluding hydrogens is 264 g/mol. The number of likely N-dealkylation sites (N-methyl/N-ethyl adjacent to an activating group) is 1. The van der Waals surface area contributed by atoms with Crippen molar-refractivity contribution in [2.24, 2.45) is 0 Å². The van der Waals surface area contributed by atoms with Gasteiger partial charge in [0.1, 0.15) is 6.04 Å². The average Bonchev–Trinajstić information content (AvgIpc) is 2.74. The maximum absolute atomic E-state index is 12.4. The molecule has 3 rings (SSSR count). The van der Waals surface area contributed by atoms with Crippen LogP contribution in [0.4, 0.5) is 4.79 Å². The predicted octanol–water partition coefficient (Wildman–Crippen LogP) is 2.82. The molecule has 1 heterocycles. The first-order chi connectivity index (χ1) is 10.2. The molecule has 1 aliphatic rings. The second kappa shape index (κ2) is 5.40. The third-order valence-electron chi connectivity index (χ3n) is 3.72. The summed E-state index contributed by atoms with van der Waals surface area (Å²) in [5, 5.41) is 0. The van der Waals surface area contributed by atoms with E-state index in [1.54, 1.807) is 4.90 Å². The molecule has 2 aromatic carbocycles. The topological polar surface area (TPSA) is 40.6 Å². The van der Waals surface area contributed by atoms with Crippen molar-refractivity contribution in [3.63, 3.8) is 0 Å². The minimum absolute atomic E-state index is 0.179. The summed E-state index contributed by atoms with van der Waals surface area (Å²) in [6.07, 6.45) is 0. The van der Waals surface area contributed by atoms with Crippen LogP contribution in [0.1, 0.15) is 17.2 Å². The van der Waals surface area contributed by atoms with Crippen molar-refractivity contribution in [1.82, 2.24) is 9.80 Å². The highest BCUT2D eigenvalue weighted by molar-refractivity contribution is 6.04. The summed E-state index contributed by atoms with van der Waals surface area (Å²) < 4.78 is 0. The summed E-state index contributed by atoms with van der Waals surface area (Å²) in [5.74, 6) is -0.179. The fourth-order valence-corrected chi connectivity index (χ4v) is 2.61. The van der Waals surface area contributed by atoms with E-state index in [0.717, 1.165) is 11.1 Å². The number of rotatable bonds is 3. The molecule has 21 heavy (non-hydrogen) atoms. The van der Waals surface area contributed by atoms with Gasteiger partial charge in [0.05, 0.1) is 0 Å². The minimum Gasteiger partial charge on any atom is -0.304 e. The Morgan fingerprint density at radius 3 is 2.10 bits per heavy atom. The fourth-order valence-electron chi connectivity index (χ4n) is 2.61. The molecule has 0 bridgehead atoms. The molecule has 4 nitrogen and oxygen atoms in total. The van der Waals surface area contributed by atoms with Gasteiger partial charge in [0.25, 0.3) is 5.91 Å². The van der Waals surface area contributed by atoms with Crippen LogP contribution in [0.3, 0.4) is 0 Å². The number of carbonyl (C=O) groups is 2. The van der Waals surface area contributed by atoms with Crippen molar-refractivity contribution in [1.29, 1.82) is 0 Å². The zero-order valence-electron chi connectivity index (χ0n) is 11.8. The van der Waals surface area contributed by atoms with Crippen molar-refractivity contribution < 1.29 is 9.59 Å². The third kappa shape index (κ3) is 2.40. The van der Waals surface area contributed by atoms with Gasteiger partial charge in [-0.15, -0.1) is 0 Å². The Morgan fingerprint density at radius 2 is 1.48 bits per heavy atom. The first-order valence-corrected chi connectivity index (χ1v) is 6.85. The molecule has 1 fully saturated rings. The van der Waals surface area contributed by atoms with Crippen LogP contribution in [0.15, 0.2) is 60.7 Å². The average molecular weight is 280 g/mol. The lowest BCUT2D eigenvalue weighted by molar-refractivity contribution is -0.127. The van der Waals surface area contributed by atoms with Gasteiger partial charge in [-0.1, -0.05) is 60.7 Å². The van der Waals surface area contributed by atoms with Gasteiger partial charge in [0.15, 0.2) is 0 Å². The summed E-state index contributed by atoms with van der Waals surface area (Å²) in [4.78, 5) is 27.5. The van der Waals surface area contributed by atoms with Gasteiger partial charge < -0.3 is 4.90 Å². The van der Waals surface area contributed by atoms with Gasteiger partial charge in [0.2, 0.25) is 0 Å². The molecule has 1 aliphatic heterocycles. The normalized spacial score (nSPS) is 18.4. The summed E-state index contributed by atoms with van der Waals surface area (Å²) in [6, 6.07) is 18.3. The molecule has 1 atom stereocenters. The molecule has 0 spiro atoms. The van der Waals surface area contributed by atoms with Crippen LogP contribution in [0, 0.1) is 0 Å². The summed E-state index contributed by atoms with van der Waals surface area (Å²) >= 11 is 0. The second-order valence-corrected chi connectivity index (χ2v) is 5.11. The van der Waals surface area contributed by atoms with Gasteiger partial charge in [0, 0.05) is 13.6 Å². The first-order valence-electron chi connectivity index (χ1n) is 6.85. The van der Waals surface area contributed by atoms with E-state index in [1.165, 1.54) is 11.9 Å². The number of hydrogen-bond donors (Lipinski definition) is 0. The monoisotopic (exact) mass is 280 g/mol. The highest BCUT2D eigenvalue weighted by Crippen LogP contribution is 2.31. The van der Waals surface area contributed by atoms with E-state index in [-0.39, 0.29) is 11.9 Å². The molecule has 3 amide bonds. The highest BCUT2D eigenvalue weighted by Gasteiger charge is 2.43. The second-order valence-electron chi connectivity index (χ2n) is 5.11. The largest absolute Gasteiger partial charge is 0.327 e. The smallest absolute Gasteiger partial charge is 0.304 e. The number of carbonyl (C=O) groups excluding carboxylic acids is 2. The summed E-state index contributed by atoms with van der Waals surface area (Å²) in [7, 11) is 1.53. The zero-order valence-corrected chi connectivity index (χ0v) is 11.8. The lowest BCUT2D eigenvalue weighted by Gasteiger charge is -2.22. The Balaban J connectivity index is 1.95. The first kappa shape index (κ1) is 13.4. The van der Waals surface area contributed by atoms with E-state index in [4.69, 9.17) is 0 Å². The van der Waals surface area contributed by atoms with E-state index < -0.39 is 6.04 Å². The Hall–Kier alpha value is -2.62. The molecule has 0 saturated carbocycles. The SMILES string of the molecule is CN1C(=O)C(c2ccccc2)N(Cc2ccccc2)C1=O. The lowest BCUT2D eigenvalue weighted by atomic mass is 10.1. The van der Waals surface area contributed by atoms with E-state index in [9.17, 15) is 9.59 Å². The zero-order chi connectivity index (χ0) is 14.8. The molecule has 2 aromatic rings. The predicted molar refractivity (Wildman–Crippen MR) is 79.3 cm³/mol. The van der Waals surface area contributed by atoms with Crippen molar-refractivity contribution in [3.05, 3.63) is 71.8 Å². The fraction of sp³-hybridized carbons (Fsp3) is 0.176. The van der Waals surface area contributed by atoms with Crippen molar-refractivity contribution in [3.8, 4) is 0 Å². The Morgan fingerprint density at radius 1 is 0.905 bits per heavy atom. The highest BCUT2D eigenvalue weighted by atomic mass is 16.2. The van der Waals surface area contributed by atoms with Gasteiger partial charge in [-0.05, 0) is 11.1 Å². The van der Waals surface area contributed by atoms with E-state index in [0.29, 0.717) is 6.54 Å². The van der Waals surface area contributed by atoms with E-state index in [1.807, 2.05) is 60.7 Å². The molecule has 0 N–H and O–H groups in total. The molecule has 0 radical (unpaired) electrons. The Bertz CT molecular complexity index is 655. The Kier molecular flexibility index (Phi) is 3.44. The van der Waals surface area contributed by atoms with Crippen LogP contribution < -0.4 is 0 Å². The van der Waals surface area contributed by atoms with Gasteiger partial charge in [-0.2, -0.15) is 0 Å². The van der Waals surface area contributed by atoms with Crippen LogP contribution in [0.25, 0.3) is 0 Å². The van der Waals surface area contributed by atoms with Gasteiger partial charge >= 0.3 is 6.03 Å². The quantitative estimate of drug-likeness (QED) is 0.811. The van der Waals surface area contributed by atoms with Crippen LogP contribution in [-0.2, 0) is 11.3 Å². The molecule has 106 valence electrons. The number of benzene rings is 2. The number of amides is 3. The summed E-state index contributed by atoms with van der Waals surface area (Å²) in [5.41, 5.74) is 1.85. The van der Waals surface area contributed by atoms with E-state index in [2.05, 4.69) is 0 Å². The van der Waals surface area contributed by atoms with Crippen LogP contribution >= 0.6 is 0 Å². The molecular formula is C17H16N2O2. The van der Waals surface area contributed by atoms with Gasteiger partial charge in [-0.25, -0.2) is 4.79 Å². The van der Waals surface area contributed by atoms with Crippen molar-refractivity contribution in [2.75, 3.05) is 7.05 Å².